The molecule has 4 aromatic carbocycles. The van der Waals surface area contributed by atoms with Gasteiger partial charge in [0.05, 0.1) is 0 Å². The van der Waals surface area contributed by atoms with Crippen molar-refractivity contribution in [3.05, 3.63) is 138 Å². The molecule has 0 saturated carbocycles. The van der Waals surface area contributed by atoms with Crippen molar-refractivity contribution in [1.29, 1.82) is 0 Å². The first-order valence-electron chi connectivity index (χ1n) is 12.5. The normalized spacial score (nSPS) is 10.3. The Morgan fingerprint density at radius 3 is 1.89 bits per heavy atom. The smallest absolute Gasteiger partial charge is 0.162 e. The van der Waals surface area contributed by atoms with Gasteiger partial charge in [-0.1, -0.05) is 84.6 Å². The molecule has 0 amide bonds. The third kappa shape index (κ3) is 10.9. The molecule has 0 atom stereocenters. The third-order valence-corrected chi connectivity index (χ3v) is 5.81. The summed E-state index contributed by atoms with van der Waals surface area (Å²) >= 11 is 0. The van der Waals surface area contributed by atoms with E-state index in [0.29, 0.717) is 12.8 Å². The van der Waals surface area contributed by atoms with Gasteiger partial charge in [0.1, 0.15) is 5.78 Å². The van der Waals surface area contributed by atoms with E-state index in [0.717, 1.165) is 47.9 Å². The maximum absolute atomic E-state index is 11.9. The maximum Gasteiger partial charge on any atom is 0.162 e. The predicted octanol–water partition coefficient (Wildman–Crippen LogP) is 8.11. The fraction of sp³-hybridized carbons (Fsp3) is 0.182. The number of unbranched alkanes of at least 4 members (excludes halogenated alkanes) is 3. The van der Waals surface area contributed by atoms with E-state index in [-0.39, 0.29) is 34.4 Å². The van der Waals surface area contributed by atoms with Crippen molar-refractivity contribution in [2.45, 2.75) is 38.5 Å². The Bertz CT molecular complexity index is 1210. The number of rotatable bonds is 12. The van der Waals surface area contributed by atoms with Crippen LogP contribution in [0.1, 0.15) is 75.2 Å². The first-order valence-corrected chi connectivity index (χ1v) is 12.5. The van der Waals surface area contributed by atoms with Crippen molar-refractivity contribution >= 4 is 23.4 Å². The van der Waals surface area contributed by atoms with Crippen molar-refractivity contribution in [1.82, 2.24) is 0 Å². The molecule has 0 N–H and O–H groups in total. The molecule has 0 fully saturated rings. The summed E-state index contributed by atoms with van der Waals surface area (Å²) in [5, 5.41) is 0. The number of Topliss-reactive ketones (excluding diaryl/α,β-unsaturated/α-hetero) is 2. The molecule has 0 spiro atoms. The van der Waals surface area contributed by atoms with Crippen molar-refractivity contribution in [3.63, 3.8) is 0 Å². The summed E-state index contributed by atoms with van der Waals surface area (Å²) in [5.74, 6) is 0.479. The van der Waals surface area contributed by atoms with Gasteiger partial charge in [0, 0.05) is 29.1 Å². The molecule has 3 nitrogen and oxygen atoms in total. The fourth-order valence-corrected chi connectivity index (χ4v) is 3.77. The summed E-state index contributed by atoms with van der Waals surface area (Å²) < 4.78 is 0. The Kier molecular flexibility index (Phi) is 13.6. The van der Waals surface area contributed by atoms with Gasteiger partial charge in [-0.15, -0.1) is 0 Å². The van der Waals surface area contributed by atoms with Gasteiger partial charge >= 0.3 is 0 Å². The second kappa shape index (κ2) is 17.0. The van der Waals surface area contributed by atoms with E-state index in [1.807, 2.05) is 115 Å². The van der Waals surface area contributed by atoms with Crippen LogP contribution in [0, 0.1) is 0 Å². The standard InChI is InChI=1S/C19H21O2.C14H11O.Fe/c20-18(16-10-4-3-5-11-16)14-6-1-2-7-15-19(21)17-12-8-9-13-17;15-14(13-8-4-5-9-13)11-10-12-6-2-1-3-7-12;/h3-5,8-13H,1-2,6-7,14-15H2;1-11H;/q-1;-5;. The molecule has 4 aromatic rings. The zero-order chi connectivity index (χ0) is 25.4. The minimum Gasteiger partial charge on any atom is -0.645 e. The Morgan fingerprint density at radius 1 is 0.703 bits per heavy atom. The summed E-state index contributed by atoms with van der Waals surface area (Å²) in [5.41, 5.74) is 3.39. The molecule has 4 rings (SSSR count). The van der Waals surface area contributed by atoms with E-state index in [9.17, 15) is 14.4 Å². The minimum absolute atomic E-state index is 0. The summed E-state index contributed by atoms with van der Waals surface area (Å²) in [6, 6.07) is 34.1. The van der Waals surface area contributed by atoms with Crippen LogP contribution in [0.5, 0.6) is 0 Å². The largest absolute Gasteiger partial charge is 0.645 e. The van der Waals surface area contributed by atoms with E-state index >= 15 is 0 Å². The molecule has 0 saturated heterocycles. The van der Waals surface area contributed by atoms with Crippen LogP contribution in [0.4, 0.5) is 0 Å². The second-order valence-electron chi connectivity index (χ2n) is 8.58. The average molecular weight is 532 g/mol. The fourth-order valence-electron chi connectivity index (χ4n) is 3.77. The van der Waals surface area contributed by atoms with Crippen LogP contribution in [0.2, 0.25) is 0 Å². The van der Waals surface area contributed by atoms with E-state index in [4.69, 9.17) is 0 Å². The van der Waals surface area contributed by atoms with E-state index in [1.54, 1.807) is 6.08 Å². The molecule has 0 aliphatic rings. The maximum atomic E-state index is 11.9. The van der Waals surface area contributed by atoms with Gasteiger partial charge in [0.2, 0.25) is 0 Å². The summed E-state index contributed by atoms with van der Waals surface area (Å²) in [4.78, 5) is 35.3. The number of carbonyl (C=O) groups is 3. The number of allylic oxidation sites excluding steroid dienone is 1. The molecule has 0 heterocycles. The van der Waals surface area contributed by atoms with Gasteiger partial charge in [-0.25, -0.2) is 12.1 Å². The van der Waals surface area contributed by atoms with Gasteiger partial charge in [-0.2, -0.15) is 18.2 Å². The molecular formula is C33H32FeO3-6. The molecule has 196 valence electrons. The molecule has 0 aliphatic carbocycles. The second-order valence-corrected chi connectivity index (χ2v) is 8.58. The SMILES string of the molecule is O=C(C=Cc1ccccc1)[c-]1[cH-][cH-][cH-][cH-]1.O=C(CCCCCCC(=O)[c-]1cccc1)c1ccccc1.[Fe]. The van der Waals surface area contributed by atoms with Crippen molar-refractivity contribution in [3.8, 4) is 0 Å². The number of benzene rings is 2. The molecule has 0 aromatic heterocycles. The summed E-state index contributed by atoms with van der Waals surface area (Å²) in [6.45, 7) is 0. The van der Waals surface area contributed by atoms with Gasteiger partial charge in [-0.3, -0.25) is 4.79 Å². The summed E-state index contributed by atoms with van der Waals surface area (Å²) in [7, 11) is 0. The number of hydrogen-bond acceptors (Lipinski definition) is 3. The molecular weight excluding hydrogens is 500 g/mol. The Balaban J connectivity index is 0.000000266. The predicted molar refractivity (Wildman–Crippen MR) is 147 cm³/mol. The third-order valence-electron chi connectivity index (χ3n) is 5.81. The quantitative estimate of drug-likeness (QED) is 0.0609. The first-order chi connectivity index (χ1) is 17.6. The monoisotopic (exact) mass is 532 g/mol. The minimum atomic E-state index is 0. The summed E-state index contributed by atoms with van der Waals surface area (Å²) in [6.07, 6.45) is 8.46. The molecule has 4 heteroatoms. The zero-order valence-corrected chi connectivity index (χ0v) is 22.0. The van der Waals surface area contributed by atoms with E-state index in [2.05, 4.69) is 0 Å². The van der Waals surface area contributed by atoms with Gasteiger partial charge < -0.3 is 51.3 Å². The van der Waals surface area contributed by atoms with Crippen LogP contribution in [-0.2, 0) is 17.1 Å². The van der Waals surface area contributed by atoms with Gasteiger partial charge in [0.15, 0.2) is 5.78 Å². The molecule has 37 heavy (non-hydrogen) atoms. The van der Waals surface area contributed by atoms with E-state index in [1.165, 1.54) is 0 Å². The molecule has 0 aliphatic heterocycles. The Hall–Kier alpha value is -3.59. The Labute approximate surface area is 230 Å². The molecule has 0 unspecified atom stereocenters. The van der Waals surface area contributed by atoms with Crippen LogP contribution in [0.25, 0.3) is 6.08 Å². The molecule has 0 radical (unpaired) electrons. The topological polar surface area (TPSA) is 51.2 Å². The van der Waals surface area contributed by atoms with Crippen molar-refractivity contribution < 1.29 is 31.5 Å². The van der Waals surface area contributed by atoms with Crippen molar-refractivity contribution in [2.75, 3.05) is 0 Å². The van der Waals surface area contributed by atoms with Crippen LogP contribution < -0.4 is 0 Å². The van der Waals surface area contributed by atoms with Crippen LogP contribution in [0.3, 0.4) is 0 Å². The molecule has 0 bridgehead atoms. The number of ketones is 3. The average Bonchev–Trinajstić information content (AvgIpc) is 3.66. The number of hydrogen-bond donors (Lipinski definition) is 0. The van der Waals surface area contributed by atoms with Crippen molar-refractivity contribution in [2.24, 2.45) is 0 Å². The van der Waals surface area contributed by atoms with Crippen LogP contribution >= 0.6 is 0 Å². The number of carbonyl (C=O) groups excluding carboxylic acids is 3. The van der Waals surface area contributed by atoms with Gasteiger partial charge in [0.25, 0.3) is 0 Å². The van der Waals surface area contributed by atoms with Crippen LogP contribution in [0.15, 0.2) is 115 Å². The first kappa shape index (κ1) is 29.6. The van der Waals surface area contributed by atoms with Crippen LogP contribution in [-0.4, -0.2) is 17.3 Å². The zero-order valence-electron chi connectivity index (χ0n) is 20.9. The van der Waals surface area contributed by atoms with E-state index < -0.39 is 0 Å². The van der Waals surface area contributed by atoms with Gasteiger partial charge in [-0.05, 0) is 19.3 Å². The Morgan fingerprint density at radius 2 is 1.27 bits per heavy atom.